The lowest BCUT2D eigenvalue weighted by atomic mass is 10.1. The fourth-order valence-electron chi connectivity index (χ4n) is 2.34. The Hall–Kier alpha value is -3.31. The first-order chi connectivity index (χ1) is 11.8. The number of carbonyl (C=O) groups excluding carboxylic acids is 1. The van der Waals surface area contributed by atoms with E-state index in [9.17, 15) is 4.79 Å². The number of hydrogen-bond acceptors (Lipinski definition) is 1. The fraction of sp³-hybridized carbons (Fsp3) is 0.0455. The zero-order valence-corrected chi connectivity index (χ0v) is 13.2. The largest absolute Gasteiger partial charge is 0.325 e. The van der Waals surface area contributed by atoms with E-state index in [4.69, 9.17) is 0 Å². The average molecular weight is 311 g/mol. The minimum atomic E-state index is -0.0461. The van der Waals surface area contributed by atoms with Crippen molar-refractivity contribution < 1.29 is 4.79 Å². The molecule has 0 aliphatic heterocycles. The number of rotatable bonds is 3. The Morgan fingerprint density at radius 1 is 0.750 bits per heavy atom. The standard InChI is InChI=1S/C22H17NO/c24-22(17-19-11-5-2-6-12-19)23-21-14-8-7-13-20(21)16-15-18-9-3-1-4-10-18/h1-14H,17H2,(H,23,24). The Balaban J connectivity index is 1.75. The van der Waals surface area contributed by atoms with Crippen LogP contribution in [0.2, 0.25) is 0 Å². The van der Waals surface area contributed by atoms with Crippen LogP contribution < -0.4 is 5.32 Å². The summed E-state index contributed by atoms with van der Waals surface area (Å²) < 4.78 is 0. The summed E-state index contributed by atoms with van der Waals surface area (Å²) in [6.07, 6.45) is 0.349. The fourth-order valence-corrected chi connectivity index (χ4v) is 2.34. The lowest BCUT2D eigenvalue weighted by Crippen LogP contribution is -2.15. The number of amides is 1. The topological polar surface area (TPSA) is 29.1 Å². The molecule has 2 nitrogen and oxygen atoms in total. The van der Waals surface area contributed by atoms with Crippen LogP contribution in [0.1, 0.15) is 16.7 Å². The smallest absolute Gasteiger partial charge is 0.228 e. The zero-order chi connectivity index (χ0) is 16.6. The normalized spacial score (nSPS) is 9.67. The van der Waals surface area contributed by atoms with E-state index in [2.05, 4.69) is 17.2 Å². The summed E-state index contributed by atoms with van der Waals surface area (Å²) in [5.74, 6) is 6.21. The van der Waals surface area contributed by atoms with Crippen molar-refractivity contribution in [1.29, 1.82) is 0 Å². The highest BCUT2D eigenvalue weighted by Crippen LogP contribution is 2.14. The maximum atomic E-state index is 12.2. The van der Waals surface area contributed by atoms with Gasteiger partial charge >= 0.3 is 0 Å². The predicted molar refractivity (Wildman–Crippen MR) is 97.6 cm³/mol. The molecule has 0 aromatic heterocycles. The first-order valence-corrected chi connectivity index (χ1v) is 7.81. The lowest BCUT2D eigenvalue weighted by Gasteiger charge is -2.07. The molecule has 0 unspecified atom stereocenters. The number of nitrogens with one attached hydrogen (secondary N) is 1. The molecule has 2 heteroatoms. The number of anilines is 1. The molecule has 1 amide bonds. The van der Waals surface area contributed by atoms with E-state index in [0.717, 1.165) is 22.4 Å². The third-order valence-electron chi connectivity index (χ3n) is 3.52. The molecule has 0 saturated carbocycles. The number of para-hydroxylation sites is 1. The SMILES string of the molecule is O=C(Cc1ccccc1)Nc1ccccc1C#Cc1ccccc1. The summed E-state index contributed by atoms with van der Waals surface area (Å²) in [6.45, 7) is 0. The number of benzene rings is 3. The third kappa shape index (κ3) is 4.34. The van der Waals surface area contributed by atoms with Gasteiger partial charge in [-0.25, -0.2) is 0 Å². The van der Waals surface area contributed by atoms with E-state index in [-0.39, 0.29) is 5.91 Å². The van der Waals surface area contributed by atoms with Crippen LogP contribution in [0.4, 0.5) is 5.69 Å². The molecule has 0 radical (unpaired) electrons. The van der Waals surface area contributed by atoms with Gasteiger partial charge in [0.1, 0.15) is 0 Å². The quantitative estimate of drug-likeness (QED) is 0.719. The van der Waals surface area contributed by atoms with Gasteiger partial charge in [0.25, 0.3) is 0 Å². The molecule has 0 bridgehead atoms. The monoisotopic (exact) mass is 311 g/mol. The van der Waals surface area contributed by atoms with Gasteiger partial charge in [-0.3, -0.25) is 4.79 Å². The van der Waals surface area contributed by atoms with Gasteiger partial charge in [-0.2, -0.15) is 0 Å². The van der Waals surface area contributed by atoms with Crippen LogP contribution >= 0.6 is 0 Å². The van der Waals surface area contributed by atoms with Crippen LogP contribution in [-0.2, 0) is 11.2 Å². The number of hydrogen-bond donors (Lipinski definition) is 1. The van der Waals surface area contributed by atoms with Crippen LogP contribution in [0.15, 0.2) is 84.9 Å². The van der Waals surface area contributed by atoms with Crippen LogP contribution in [0.5, 0.6) is 0 Å². The van der Waals surface area contributed by atoms with Crippen molar-refractivity contribution in [3.05, 3.63) is 102 Å². The average Bonchev–Trinajstić information content (AvgIpc) is 2.63. The molecule has 0 heterocycles. The molecule has 0 fully saturated rings. The second-order valence-electron chi connectivity index (χ2n) is 5.37. The summed E-state index contributed by atoms with van der Waals surface area (Å²) in [7, 11) is 0. The van der Waals surface area contributed by atoms with Crippen LogP contribution in [0, 0.1) is 11.8 Å². The molecule has 1 N–H and O–H groups in total. The van der Waals surface area contributed by atoms with Gasteiger partial charge in [0.05, 0.1) is 12.1 Å². The molecule has 0 aliphatic rings. The maximum absolute atomic E-state index is 12.2. The molecule has 116 valence electrons. The third-order valence-corrected chi connectivity index (χ3v) is 3.52. The molecular weight excluding hydrogens is 294 g/mol. The van der Waals surface area contributed by atoms with Crippen molar-refractivity contribution in [3.8, 4) is 11.8 Å². The van der Waals surface area contributed by atoms with E-state index < -0.39 is 0 Å². The minimum absolute atomic E-state index is 0.0461. The minimum Gasteiger partial charge on any atom is -0.325 e. The highest BCUT2D eigenvalue weighted by atomic mass is 16.1. The van der Waals surface area contributed by atoms with Gasteiger partial charge in [-0.15, -0.1) is 0 Å². The molecule has 0 saturated heterocycles. The van der Waals surface area contributed by atoms with Crippen molar-refractivity contribution in [1.82, 2.24) is 0 Å². The molecule has 24 heavy (non-hydrogen) atoms. The second-order valence-corrected chi connectivity index (χ2v) is 5.37. The zero-order valence-electron chi connectivity index (χ0n) is 13.2. The van der Waals surface area contributed by atoms with E-state index in [0.29, 0.717) is 6.42 Å². The summed E-state index contributed by atoms with van der Waals surface area (Å²) in [5, 5.41) is 2.95. The van der Waals surface area contributed by atoms with Crippen LogP contribution in [-0.4, -0.2) is 5.91 Å². The van der Waals surface area contributed by atoms with Gasteiger partial charge in [-0.05, 0) is 29.8 Å². The van der Waals surface area contributed by atoms with E-state index in [1.807, 2.05) is 84.9 Å². The van der Waals surface area contributed by atoms with Crippen molar-refractivity contribution in [2.75, 3.05) is 5.32 Å². The lowest BCUT2D eigenvalue weighted by molar-refractivity contribution is -0.115. The summed E-state index contributed by atoms with van der Waals surface area (Å²) in [4.78, 5) is 12.2. The molecule has 0 spiro atoms. The van der Waals surface area contributed by atoms with Crippen molar-refractivity contribution in [2.24, 2.45) is 0 Å². The van der Waals surface area contributed by atoms with Crippen LogP contribution in [0.3, 0.4) is 0 Å². The van der Waals surface area contributed by atoms with E-state index in [1.54, 1.807) is 0 Å². The second kappa shape index (κ2) is 7.80. The molecular formula is C22H17NO. The van der Waals surface area contributed by atoms with Gasteiger partial charge in [0.2, 0.25) is 5.91 Å². The predicted octanol–water partition coefficient (Wildman–Crippen LogP) is 4.27. The molecule has 3 aromatic carbocycles. The first kappa shape index (κ1) is 15.6. The summed E-state index contributed by atoms with van der Waals surface area (Å²) >= 11 is 0. The van der Waals surface area contributed by atoms with Gasteiger partial charge in [-0.1, -0.05) is 72.5 Å². The highest BCUT2D eigenvalue weighted by Gasteiger charge is 2.06. The summed E-state index contributed by atoms with van der Waals surface area (Å²) in [5.41, 5.74) is 3.48. The molecule has 3 rings (SSSR count). The van der Waals surface area contributed by atoms with Gasteiger partial charge in [0.15, 0.2) is 0 Å². The van der Waals surface area contributed by atoms with Crippen molar-refractivity contribution >= 4 is 11.6 Å². The Kier molecular flexibility index (Phi) is 5.07. The Labute approximate surface area is 142 Å². The first-order valence-electron chi connectivity index (χ1n) is 7.81. The van der Waals surface area contributed by atoms with Crippen molar-refractivity contribution in [3.63, 3.8) is 0 Å². The van der Waals surface area contributed by atoms with Gasteiger partial charge < -0.3 is 5.32 Å². The summed E-state index contributed by atoms with van der Waals surface area (Å²) in [6, 6.07) is 27.1. The van der Waals surface area contributed by atoms with Crippen LogP contribution in [0.25, 0.3) is 0 Å². The molecule has 0 atom stereocenters. The Morgan fingerprint density at radius 2 is 1.38 bits per heavy atom. The van der Waals surface area contributed by atoms with Crippen molar-refractivity contribution in [2.45, 2.75) is 6.42 Å². The molecule has 3 aromatic rings. The molecule has 0 aliphatic carbocycles. The maximum Gasteiger partial charge on any atom is 0.228 e. The van der Waals surface area contributed by atoms with E-state index in [1.165, 1.54) is 0 Å². The van der Waals surface area contributed by atoms with E-state index >= 15 is 0 Å². The number of carbonyl (C=O) groups is 1. The Morgan fingerprint density at radius 3 is 2.12 bits per heavy atom. The Bertz CT molecular complexity index is 874. The van der Waals surface area contributed by atoms with Gasteiger partial charge in [0, 0.05) is 11.1 Å². The highest BCUT2D eigenvalue weighted by molar-refractivity contribution is 5.93.